The van der Waals surface area contributed by atoms with Crippen LogP contribution in [0.2, 0.25) is 0 Å². The molecule has 1 amide bonds. The molecule has 2 aromatic rings. The lowest BCUT2D eigenvalue weighted by molar-refractivity contribution is 0.0934. The van der Waals surface area contributed by atoms with Gasteiger partial charge >= 0.3 is 0 Å². The van der Waals surface area contributed by atoms with Crippen LogP contribution in [0.3, 0.4) is 0 Å². The van der Waals surface area contributed by atoms with E-state index in [4.69, 9.17) is 11.6 Å². The Morgan fingerprint density at radius 1 is 1.35 bits per heavy atom. The van der Waals surface area contributed by atoms with E-state index >= 15 is 0 Å². The Bertz CT molecular complexity index is 721. The SMILES string of the molecule is Cc1ccc(CC(CCl)NC(=O)c2nc(C)ncc2Br)c(C)c1. The Hall–Kier alpha value is -1.46. The molecule has 1 atom stereocenters. The van der Waals surface area contributed by atoms with E-state index in [1.54, 1.807) is 13.1 Å². The van der Waals surface area contributed by atoms with Crippen molar-refractivity contribution in [3.63, 3.8) is 0 Å². The van der Waals surface area contributed by atoms with E-state index in [0.29, 0.717) is 28.3 Å². The van der Waals surface area contributed by atoms with Crippen molar-refractivity contribution >= 4 is 33.4 Å². The van der Waals surface area contributed by atoms with Crippen LogP contribution in [-0.2, 0) is 6.42 Å². The summed E-state index contributed by atoms with van der Waals surface area (Å²) >= 11 is 9.35. The molecule has 23 heavy (non-hydrogen) atoms. The Morgan fingerprint density at radius 3 is 2.74 bits per heavy atom. The molecular formula is C17H19BrClN3O. The zero-order valence-electron chi connectivity index (χ0n) is 13.4. The molecule has 6 heteroatoms. The van der Waals surface area contributed by atoms with E-state index in [1.807, 2.05) is 0 Å². The van der Waals surface area contributed by atoms with Gasteiger partial charge < -0.3 is 5.32 Å². The van der Waals surface area contributed by atoms with Crippen LogP contribution < -0.4 is 5.32 Å². The van der Waals surface area contributed by atoms with Gasteiger partial charge in [-0.25, -0.2) is 9.97 Å². The number of carbonyl (C=O) groups excluding carboxylic acids is 1. The fraction of sp³-hybridized carbons (Fsp3) is 0.353. The lowest BCUT2D eigenvalue weighted by atomic mass is 10.00. The molecule has 0 aliphatic rings. The van der Waals surface area contributed by atoms with Gasteiger partial charge in [0, 0.05) is 18.1 Å². The third-order valence-electron chi connectivity index (χ3n) is 3.57. The summed E-state index contributed by atoms with van der Waals surface area (Å²) in [6, 6.07) is 6.13. The molecule has 2 rings (SSSR count). The second kappa shape index (κ2) is 7.88. The number of hydrogen-bond donors (Lipinski definition) is 1. The molecule has 1 unspecified atom stereocenters. The molecule has 0 aliphatic heterocycles. The first-order chi connectivity index (χ1) is 10.9. The summed E-state index contributed by atoms with van der Waals surface area (Å²) in [5.74, 6) is 0.633. The van der Waals surface area contributed by atoms with Crippen molar-refractivity contribution in [3.05, 3.63) is 57.1 Å². The third kappa shape index (κ3) is 4.75. The molecule has 1 aromatic carbocycles. The molecule has 0 saturated heterocycles. The van der Waals surface area contributed by atoms with E-state index in [9.17, 15) is 4.79 Å². The summed E-state index contributed by atoms with van der Waals surface area (Å²) in [6.45, 7) is 5.88. The van der Waals surface area contributed by atoms with E-state index < -0.39 is 0 Å². The summed E-state index contributed by atoms with van der Waals surface area (Å²) < 4.78 is 0.570. The summed E-state index contributed by atoms with van der Waals surface area (Å²) in [7, 11) is 0. The Balaban J connectivity index is 2.12. The predicted molar refractivity (Wildman–Crippen MR) is 96.1 cm³/mol. The summed E-state index contributed by atoms with van der Waals surface area (Å²) in [5, 5.41) is 2.95. The van der Waals surface area contributed by atoms with Crippen molar-refractivity contribution in [2.45, 2.75) is 33.2 Å². The number of rotatable bonds is 5. The Kier molecular flexibility index (Phi) is 6.13. The monoisotopic (exact) mass is 395 g/mol. The van der Waals surface area contributed by atoms with E-state index in [0.717, 1.165) is 0 Å². The first kappa shape index (κ1) is 17.9. The number of halogens is 2. The fourth-order valence-electron chi connectivity index (χ4n) is 2.35. The van der Waals surface area contributed by atoms with E-state index in [1.165, 1.54) is 16.7 Å². The number of alkyl halides is 1. The third-order valence-corrected chi connectivity index (χ3v) is 4.52. The van der Waals surface area contributed by atoms with Crippen molar-refractivity contribution < 1.29 is 4.79 Å². The zero-order valence-corrected chi connectivity index (χ0v) is 15.7. The van der Waals surface area contributed by atoms with Crippen LogP contribution >= 0.6 is 27.5 Å². The first-order valence-corrected chi connectivity index (χ1v) is 8.65. The standard InChI is InChI=1S/C17H19BrClN3O/c1-10-4-5-13(11(2)6-10)7-14(8-19)22-17(23)16-15(18)9-20-12(3)21-16/h4-6,9,14H,7-8H2,1-3H3,(H,22,23). The molecule has 1 aromatic heterocycles. The van der Waals surface area contributed by atoms with Gasteiger partial charge in [-0.3, -0.25) is 4.79 Å². The van der Waals surface area contributed by atoms with Crippen LogP contribution in [0.5, 0.6) is 0 Å². The number of amides is 1. The molecule has 0 radical (unpaired) electrons. The molecule has 0 bridgehead atoms. The maximum absolute atomic E-state index is 12.4. The van der Waals surface area contributed by atoms with Crippen LogP contribution in [0.25, 0.3) is 0 Å². The van der Waals surface area contributed by atoms with Gasteiger partial charge in [-0.2, -0.15) is 0 Å². The molecule has 122 valence electrons. The maximum atomic E-state index is 12.4. The number of carbonyl (C=O) groups is 1. The second-order valence-electron chi connectivity index (χ2n) is 5.57. The number of benzene rings is 1. The summed E-state index contributed by atoms with van der Waals surface area (Å²) in [4.78, 5) is 20.7. The lowest BCUT2D eigenvalue weighted by Gasteiger charge is -2.18. The van der Waals surface area contributed by atoms with Crippen molar-refractivity contribution in [1.29, 1.82) is 0 Å². The van der Waals surface area contributed by atoms with Gasteiger partial charge in [0.1, 0.15) is 11.5 Å². The van der Waals surface area contributed by atoms with Crippen molar-refractivity contribution in [2.24, 2.45) is 0 Å². The summed E-state index contributed by atoms with van der Waals surface area (Å²) in [6.07, 6.45) is 2.26. The van der Waals surface area contributed by atoms with Crippen LogP contribution in [0.4, 0.5) is 0 Å². The quantitative estimate of drug-likeness (QED) is 0.783. The van der Waals surface area contributed by atoms with Gasteiger partial charge in [-0.05, 0) is 54.2 Å². The highest BCUT2D eigenvalue weighted by molar-refractivity contribution is 9.10. The minimum atomic E-state index is -0.252. The number of aromatic nitrogens is 2. The van der Waals surface area contributed by atoms with Crippen LogP contribution in [0, 0.1) is 20.8 Å². The van der Waals surface area contributed by atoms with E-state index in [2.05, 4.69) is 63.3 Å². The largest absolute Gasteiger partial charge is 0.346 e. The highest BCUT2D eigenvalue weighted by Crippen LogP contribution is 2.16. The topological polar surface area (TPSA) is 54.9 Å². The molecule has 1 heterocycles. The van der Waals surface area contributed by atoms with Gasteiger partial charge in [-0.1, -0.05) is 23.8 Å². The minimum absolute atomic E-state index is 0.159. The first-order valence-electron chi connectivity index (χ1n) is 7.32. The van der Waals surface area contributed by atoms with Gasteiger partial charge in [0.15, 0.2) is 0 Å². The van der Waals surface area contributed by atoms with Crippen molar-refractivity contribution in [3.8, 4) is 0 Å². The number of nitrogens with one attached hydrogen (secondary N) is 1. The maximum Gasteiger partial charge on any atom is 0.271 e. The van der Waals surface area contributed by atoms with Gasteiger partial charge in [0.05, 0.1) is 4.47 Å². The average Bonchev–Trinajstić information content (AvgIpc) is 2.51. The molecule has 1 N–H and O–H groups in total. The number of hydrogen-bond acceptors (Lipinski definition) is 3. The van der Waals surface area contributed by atoms with E-state index in [-0.39, 0.29) is 11.9 Å². The highest BCUT2D eigenvalue weighted by Gasteiger charge is 2.18. The van der Waals surface area contributed by atoms with Gasteiger partial charge in [0.2, 0.25) is 0 Å². The van der Waals surface area contributed by atoms with Crippen molar-refractivity contribution in [1.82, 2.24) is 15.3 Å². The minimum Gasteiger partial charge on any atom is -0.346 e. The van der Waals surface area contributed by atoms with Gasteiger partial charge in [0.25, 0.3) is 5.91 Å². The Morgan fingerprint density at radius 2 is 2.09 bits per heavy atom. The molecule has 0 aliphatic carbocycles. The van der Waals surface area contributed by atoms with Crippen molar-refractivity contribution in [2.75, 3.05) is 5.88 Å². The summed E-state index contributed by atoms with van der Waals surface area (Å²) in [5.41, 5.74) is 3.93. The van der Waals surface area contributed by atoms with Crippen LogP contribution in [0.15, 0.2) is 28.9 Å². The normalized spacial score (nSPS) is 12.0. The molecule has 0 fully saturated rings. The molecule has 0 saturated carbocycles. The average molecular weight is 397 g/mol. The highest BCUT2D eigenvalue weighted by atomic mass is 79.9. The molecule has 0 spiro atoms. The lowest BCUT2D eigenvalue weighted by Crippen LogP contribution is -2.38. The molecule has 4 nitrogen and oxygen atoms in total. The predicted octanol–water partition coefficient (Wildman–Crippen LogP) is 3.74. The Labute approximate surface area is 149 Å². The van der Waals surface area contributed by atoms with Crippen LogP contribution in [-0.4, -0.2) is 27.8 Å². The van der Waals surface area contributed by atoms with Gasteiger partial charge in [-0.15, -0.1) is 11.6 Å². The number of aryl methyl sites for hydroxylation is 3. The molecular weight excluding hydrogens is 378 g/mol. The number of nitrogens with zero attached hydrogens (tertiary/aromatic N) is 2. The second-order valence-corrected chi connectivity index (χ2v) is 6.74. The smallest absolute Gasteiger partial charge is 0.271 e. The van der Waals surface area contributed by atoms with Crippen LogP contribution in [0.1, 0.15) is 33.0 Å². The fourth-order valence-corrected chi connectivity index (χ4v) is 2.91. The zero-order chi connectivity index (χ0) is 17.0.